The Kier molecular flexibility index (Phi) is 3.25. The summed E-state index contributed by atoms with van der Waals surface area (Å²) < 4.78 is 0. The fraction of sp³-hybridized carbons (Fsp3) is 0.143. The molecule has 0 aliphatic carbocycles. The molecule has 17 heavy (non-hydrogen) atoms. The van der Waals surface area contributed by atoms with Crippen LogP contribution in [0.15, 0.2) is 36.4 Å². The molecule has 1 aromatic heterocycles. The van der Waals surface area contributed by atoms with E-state index in [-0.39, 0.29) is 5.78 Å². The van der Waals surface area contributed by atoms with Crippen LogP contribution in [0, 0.1) is 13.8 Å². The van der Waals surface area contributed by atoms with Crippen molar-refractivity contribution in [3.05, 3.63) is 63.9 Å². The van der Waals surface area contributed by atoms with Crippen molar-refractivity contribution in [2.24, 2.45) is 0 Å². The molecule has 0 aliphatic rings. The number of rotatable bonds is 2. The molecule has 0 saturated carbocycles. The molecule has 2 aromatic rings. The van der Waals surface area contributed by atoms with Crippen LogP contribution in [0.5, 0.6) is 0 Å². The second kappa shape index (κ2) is 4.68. The van der Waals surface area contributed by atoms with Crippen molar-refractivity contribution in [2.75, 3.05) is 0 Å². The first-order valence-electron chi connectivity index (χ1n) is 5.33. The highest BCUT2D eigenvalue weighted by Gasteiger charge is 2.15. The summed E-state index contributed by atoms with van der Waals surface area (Å²) in [6, 6.07) is 10.9. The van der Waals surface area contributed by atoms with E-state index in [1.54, 1.807) is 18.2 Å². The van der Waals surface area contributed by atoms with E-state index in [1.165, 1.54) is 0 Å². The standard InChI is InChI=1S/C14H12ClNO/c1-9-8-12(15)16-13(10(9)2)14(17)11-6-4-3-5-7-11/h3-8H,1-2H3. The van der Waals surface area contributed by atoms with Gasteiger partial charge in [0.05, 0.1) is 0 Å². The summed E-state index contributed by atoms with van der Waals surface area (Å²) in [7, 11) is 0. The zero-order valence-corrected chi connectivity index (χ0v) is 10.5. The average molecular weight is 246 g/mol. The molecule has 2 nitrogen and oxygen atoms in total. The molecule has 0 N–H and O–H groups in total. The van der Waals surface area contributed by atoms with Gasteiger partial charge in [0.1, 0.15) is 10.8 Å². The van der Waals surface area contributed by atoms with Gasteiger partial charge in [-0.2, -0.15) is 0 Å². The van der Waals surface area contributed by atoms with Crippen LogP contribution in [0.1, 0.15) is 27.2 Å². The minimum atomic E-state index is -0.0892. The third-order valence-corrected chi connectivity index (χ3v) is 2.95. The third kappa shape index (κ3) is 2.37. The molecule has 0 bridgehead atoms. The number of benzene rings is 1. The maximum Gasteiger partial charge on any atom is 0.211 e. The predicted octanol–water partition coefficient (Wildman–Crippen LogP) is 3.58. The van der Waals surface area contributed by atoms with Crippen LogP contribution in [0.25, 0.3) is 0 Å². The molecule has 0 aliphatic heterocycles. The third-order valence-electron chi connectivity index (χ3n) is 2.75. The summed E-state index contributed by atoms with van der Waals surface area (Å²) in [6.07, 6.45) is 0. The first-order valence-corrected chi connectivity index (χ1v) is 5.71. The normalized spacial score (nSPS) is 10.3. The van der Waals surface area contributed by atoms with Crippen molar-refractivity contribution in [3.63, 3.8) is 0 Å². The van der Waals surface area contributed by atoms with Gasteiger partial charge in [0, 0.05) is 5.56 Å². The molecule has 0 saturated heterocycles. The molecule has 2 rings (SSSR count). The zero-order valence-electron chi connectivity index (χ0n) is 9.70. The van der Waals surface area contributed by atoms with E-state index in [0.29, 0.717) is 16.4 Å². The maximum atomic E-state index is 12.3. The number of hydrogen-bond donors (Lipinski definition) is 0. The van der Waals surface area contributed by atoms with Gasteiger partial charge in [-0.3, -0.25) is 4.79 Å². The SMILES string of the molecule is Cc1cc(Cl)nc(C(=O)c2ccccc2)c1C. The molecule has 0 unspecified atom stereocenters. The average Bonchev–Trinajstić information content (AvgIpc) is 2.34. The number of carbonyl (C=O) groups is 1. The van der Waals surface area contributed by atoms with Crippen molar-refractivity contribution >= 4 is 17.4 Å². The van der Waals surface area contributed by atoms with E-state index in [9.17, 15) is 4.79 Å². The van der Waals surface area contributed by atoms with Gasteiger partial charge < -0.3 is 0 Å². The molecular weight excluding hydrogens is 234 g/mol. The molecule has 0 fully saturated rings. The van der Waals surface area contributed by atoms with Crippen molar-refractivity contribution in [3.8, 4) is 0 Å². The Balaban J connectivity index is 2.52. The Morgan fingerprint density at radius 1 is 1.18 bits per heavy atom. The Morgan fingerprint density at radius 2 is 1.82 bits per heavy atom. The van der Waals surface area contributed by atoms with Crippen LogP contribution in [-0.4, -0.2) is 10.8 Å². The van der Waals surface area contributed by atoms with Gasteiger partial charge in [-0.15, -0.1) is 0 Å². The second-order valence-corrected chi connectivity index (χ2v) is 4.32. The molecule has 0 spiro atoms. The summed E-state index contributed by atoms with van der Waals surface area (Å²) in [5.74, 6) is -0.0892. The number of ketones is 1. The molecule has 0 radical (unpaired) electrons. The van der Waals surface area contributed by atoms with Crippen LogP contribution in [0.3, 0.4) is 0 Å². The lowest BCUT2D eigenvalue weighted by molar-refractivity contribution is 0.103. The van der Waals surface area contributed by atoms with Crippen LogP contribution in [0.2, 0.25) is 5.15 Å². The summed E-state index contributed by atoms with van der Waals surface area (Å²) in [6.45, 7) is 3.81. The number of halogens is 1. The van der Waals surface area contributed by atoms with E-state index >= 15 is 0 Å². The number of aryl methyl sites for hydroxylation is 1. The second-order valence-electron chi connectivity index (χ2n) is 3.93. The van der Waals surface area contributed by atoms with Gasteiger partial charge in [-0.1, -0.05) is 41.9 Å². The topological polar surface area (TPSA) is 30.0 Å². The fourth-order valence-electron chi connectivity index (χ4n) is 1.64. The van der Waals surface area contributed by atoms with Crippen molar-refractivity contribution in [1.29, 1.82) is 0 Å². The Hall–Kier alpha value is -1.67. The fourth-order valence-corrected chi connectivity index (χ4v) is 1.89. The van der Waals surface area contributed by atoms with Gasteiger partial charge in [-0.05, 0) is 31.0 Å². The molecule has 0 atom stereocenters. The van der Waals surface area contributed by atoms with Gasteiger partial charge in [0.25, 0.3) is 0 Å². The zero-order chi connectivity index (χ0) is 12.4. The smallest absolute Gasteiger partial charge is 0.211 e. The van der Waals surface area contributed by atoms with E-state index in [1.807, 2.05) is 32.0 Å². The quantitative estimate of drug-likeness (QED) is 0.598. The number of pyridine rings is 1. The van der Waals surface area contributed by atoms with Crippen LogP contribution >= 0.6 is 11.6 Å². The molecule has 3 heteroatoms. The molecule has 1 heterocycles. The number of hydrogen-bond acceptors (Lipinski definition) is 2. The lowest BCUT2D eigenvalue weighted by Crippen LogP contribution is -2.07. The Labute approximate surface area is 105 Å². The van der Waals surface area contributed by atoms with E-state index in [4.69, 9.17) is 11.6 Å². The van der Waals surface area contributed by atoms with E-state index < -0.39 is 0 Å². The highest BCUT2D eigenvalue weighted by molar-refractivity contribution is 6.29. The van der Waals surface area contributed by atoms with Crippen LogP contribution in [-0.2, 0) is 0 Å². The lowest BCUT2D eigenvalue weighted by atomic mass is 10.0. The first kappa shape index (κ1) is 11.8. The first-order chi connectivity index (χ1) is 8.09. The maximum absolute atomic E-state index is 12.3. The summed E-state index contributed by atoms with van der Waals surface area (Å²) in [4.78, 5) is 16.4. The minimum Gasteiger partial charge on any atom is -0.287 e. The number of aromatic nitrogens is 1. The van der Waals surface area contributed by atoms with E-state index in [0.717, 1.165) is 11.1 Å². The summed E-state index contributed by atoms with van der Waals surface area (Å²) in [5.41, 5.74) is 2.92. The summed E-state index contributed by atoms with van der Waals surface area (Å²) >= 11 is 5.89. The Morgan fingerprint density at radius 3 is 2.47 bits per heavy atom. The largest absolute Gasteiger partial charge is 0.287 e. The summed E-state index contributed by atoms with van der Waals surface area (Å²) in [5, 5.41) is 0.354. The predicted molar refractivity (Wildman–Crippen MR) is 68.6 cm³/mol. The van der Waals surface area contributed by atoms with E-state index in [2.05, 4.69) is 4.98 Å². The molecule has 1 aromatic carbocycles. The highest BCUT2D eigenvalue weighted by atomic mass is 35.5. The van der Waals surface area contributed by atoms with Gasteiger partial charge >= 0.3 is 0 Å². The monoisotopic (exact) mass is 245 g/mol. The lowest BCUT2D eigenvalue weighted by Gasteiger charge is -2.07. The molecule has 86 valence electrons. The van der Waals surface area contributed by atoms with Crippen LogP contribution < -0.4 is 0 Å². The van der Waals surface area contributed by atoms with Gasteiger partial charge in [0.15, 0.2) is 0 Å². The minimum absolute atomic E-state index is 0.0892. The van der Waals surface area contributed by atoms with Crippen molar-refractivity contribution in [1.82, 2.24) is 4.98 Å². The highest BCUT2D eigenvalue weighted by Crippen LogP contribution is 2.18. The van der Waals surface area contributed by atoms with Gasteiger partial charge in [-0.25, -0.2) is 4.98 Å². The molecule has 0 amide bonds. The Bertz CT molecular complexity index is 564. The molecular formula is C14H12ClNO. The van der Waals surface area contributed by atoms with Crippen molar-refractivity contribution < 1.29 is 4.79 Å². The number of carbonyl (C=O) groups excluding carboxylic acids is 1. The van der Waals surface area contributed by atoms with Gasteiger partial charge in [0.2, 0.25) is 5.78 Å². The van der Waals surface area contributed by atoms with Crippen LogP contribution in [0.4, 0.5) is 0 Å². The van der Waals surface area contributed by atoms with Crippen molar-refractivity contribution in [2.45, 2.75) is 13.8 Å². The number of nitrogens with zero attached hydrogens (tertiary/aromatic N) is 1.